The summed E-state index contributed by atoms with van der Waals surface area (Å²) in [7, 11) is 3.29. The van der Waals surface area contributed by atoms with Gasteiger partial charge in [0.25, 0.3) is 0 Å². The molecule has 0 bridgehead atoms. The highest BCUT2D eigenvalue weighted by Crippen LogP contribution is 2.38. The van der Waals surface area contributed by atoms with Gasteiger partial charge in [0.15, 0.2) is 0 Å². The first kappa shape index (κ1) is 12.3. The third kappa shape index (κ3) is 2.40. The lowest BCUT2D eigenvalue weighted by molar-refractivity contribution is 0.395. The van der Waals surface area contributed by atoms with Crippen LogP contribution in [0.4, 0.5) is 0 Å². The third-order valence-corrected chi connectivity index (χ3v) is 3.70. The highest BCUT2D eigenvalue weighted by molar-refractivity contribution is 7.80. The summed E-state index contributed by atoms with van der Waals surface area (Å²) in [5, 5.41) is 3.54. The molecule has 5 heteroatoms. The molecule has 0 aliphatic rings. The van der Waals surface area contributed by atoms with Crippen molar-refractivity contribution in [2.45, 2.75) is 11.9 Å². The average Bonchev–Trinajstić information content (AvgIpc) is 2.74. The first-order chi connectivity index (χ1) is 8.15. The zero-order chi connectivity index (χ0) is 12.4. The summed E-state index contributed by atoms with van der Waals surface area (Å²) < 4.78 is 10.6. The van der Waals surface area contributed by atoms with Gasteiger partial charge >= 0.3 is 0 Å². The summed E-state index contributed by atoms with van der Waals surface area (Å²) in [6.45, 7) is 2.01. The molecule has 0 amide bonds. The van der Waals surface area contributed by atoms with Gasteiger partial charge in [0.2, 0.25) is 0 Å². The predicted molar refractivity (Wildman–Crippen MR) is 72.6 cm³/mol. The first-order valence-corrected chi connectivity index (χ1v) is 6.36. The molecule has 90 valence electrons. The van der Waals surface area contributed by atoms with Crippen LogP contribution in [0.1, 0.15) is 5.56 Å². The van der Waals surface area contributed by atoms with Gasteiger partial charge < -0.3 is 9.47 Å². The van der Waals surface area contributed by atoms with Crippen molar-refractivity contribution >= 4 is 24.0 Å². The fraction of sp³-hybridized carbons (Fsp3) is 0.250. The maximum absolute atomic E-state index is 5.39. The van der Waals surface area contributed by atoms with Crippen LogP contribution in [-0.2, 0) is 0 Å². The van der Waals surface area contributed by atoms with Gasteiger partial charge in [-0.25, -0.2) is 4.98 Å². The number of nitrogens with zero attached hydrogens (tertiary/aromatic N) is 1. The number of methoxy groups -OCH3 is 2. The molecule has 3 nitrogen and oxygen atoms in total. The van der Waals surface area contributed by atoms with Gasteiger partial charge in [0, 0.05) is 11.4 Å². The Balaban J connectivity index is 2.60. The largest absolute Gasteiger partial charge is 0.497 e. The molecule has 0 atom stereocenters. The van der Waals surface area contributed by atoms with Gasteiger partial charge in [-0.2, -0.15) is 0 Å². The Bertz CT molecular complexity index is 537. The number of hydrogen-bond donors (Lipinski definition) is 1. The Morgan fingerprint density at radius 3 is 2.53 bits per heavy atom. The molecule has 1 heterocycles. The molecule has 0 aliphatic carbocycles. The Morgan fingerprint density at radius 2 is 2.00 bits per heavy atom. The number of thiazole rings is 1. The van der Waals surface area contributed by atoms with Crippen LogP contribution in [0.5, 0.6) is 11.5 Å². The van der Waals surface area contributed by atoms with E-state index in [1.54, 1.807) is 25.6 Å². The molecule has 1 aromatic carbocycles. The summed E-state index contributed by atoms with van der Waals surface area (Å²) in [6.07, 6.45) is 0. The highest BCUT2D eigenvalue weighted by atomic mass is 32.1. The molecular weight excluding hydrogens is 254 g/mol. The minimum absolute atomic E-state index is 0.724. The molecule has 0 saturated heterocycles. The van der Waals surface area contributed by atoms with Crippen LogP contribution >= 0.6 is 24.0 Å². The number of aryl methyl sites for hydroxylation is 1. The van der Waals surface area contributed by atoms with Crippen LogP contribution in [0.25, 0.3) is 10.6 Å². The molecule has 1 aromatic heterocycles. The normalized spacial score (nSPS) is 10.4. The quantitative estimate of drug-likeness (QED) is 0.865. The molecule has 0 aliphatic heterocycles. The number of aromatic nitrogens is 1. The summed E-state index contributed by atoms with van der Waals surface area (Å²) in [6, 6.07) is 3.83. The number of thiol groups is 1. The zero-order valence-electron chi connectivity index (χ0n) is 9.85. The van der Waals surface area contributed by atoms with Crippen molar-refractivity contribution in [1.82, 2.24) is 4.98 Å². The predicted octanol–water partition coefficient (Wildman–Crippen LogP) is 3.42. The Hall–Kier alpha value is -1.20. The summed E-state index contributed by atoms with van der Waals surface area (Å²) in [5.41, 5.74) is 2.07. The van der Waals surface area contributed by atoms with Gasteiger partial charge in [-0.1, -0.05) is 0 Å². The number of hydrogen-bond acceptors (Lipinski definition) is 5. The second-order valence-electron chi connectivity index (χ2n) is 3.53. The minimum Gasteiger partial charge on any atom is -0.497 e. The highest BCUT2D eigenvalue weighted by Gasteiger charge is 2.14. The van der Waals surface area contributed by atoms with E-state index in [2.05, 4.69) is 17.6 Å². The van der Waals surface area contributed by atoms with E-state index in [1.165, 1.54) is 0 Å². The molecule has 0 saturated carbocycles. The van der Waals surface area contributed by atoms with E-state index in [4.69, 9.17) is 9.47 Å². The Kier molecular flexibility index (Phi) is 3.59. The SMILES string of the molecule is COc1cc(C)c(-c2nc(S)cs2)c(OC)c1. The van der Waals surface area contributed by atoms with Gasteiger partial charge in [-0.3, -0.25) is 0 Å². The maximum Gasteiger partial charge on any atom is 0.133 e. The van der Waals surface area contributed by atoms with Crippen LogP contribution in [-0.4, -0.2) is 19.2 Å². The van der Waals surface area contributed by atoms with Crippen LogP contribution < -0.4 is 9.47 Å². The van der Waals surface area contributed by atoms with Crippen LogP contribution in [0.2, 0.25) is 0 Å². The van der Waals surface area contributed by atoms with Gasteiger partial charge in [0.05, 0.1) is 19.8 Å². The lowest BCUT2D eigenvalue weighted by Crippen LogP contribution is -1.93. The van der Waals surface area contributed by atoms with Gasteiger partial charge in [-0.05, 0) is 18.6 Å². The van der Waals surface area contributed by atoms with Crippen molar-refractivity contribution in [3.05, 3.63) is 23.1 Å². The maximum atomic E-state index is 5.39. The number of ether oxygens (including phenoxy) is 2. The molecule has 0 unspecified atom stereocenters. The van der Waals surface area contributed by atoms with Gasteiger partial charge in [-0.15, -0.1) is 24.0 Å². The van der Waals surface area contributed by atoms with Crippen molar-refractivity contribution in [3.8, 4) is 22.1 Å². The Labute approximate surface area is 110 Å². The van der Waals surface area contributed by atoms with Crippen LogP contribution in [0.15, 0.2) is 22.5 Å². The number of benzene rings is 1. The van der Waals surface area contributed by atoms with Crippen LogP contribution in [0, 0.1) is 6.92 Å². The molecule has 2 rings (SSSR count). The lowest BCUT2D eigenvalue weighted by Gasteiger charge is -2.11. The van der Waals surface area contributed by atoms with E-state index < -0.39 is 0 Å². The fourth-order valence-electron chi connectivity index (χ4n) is 1.66. The second-order valence-corrected chi connectivity index (χ2v) is 4.85. The van der Waals surface area contributed by atoms with Crippen molar-refractivity contribution in [2.75, 3.05) is 14.2 Å². The fourth-order valence-corrected chi connectivity index (χ4v) is 2.78. The van der Waals surface area contributed by atoms with Gasteiger partial charge in [0.1, 0.15) is 21.5 Å². The van der Waals surface area contributed by atoms with E-state index in [0.717, 1.165) is 32.7 Å². The first-order valence-electron chi connectivity index (χ1n) is 5.03. The van der Waals surface area contributed by atoms with E-state index in [1.807, 2.05) is 24.4 Å². The van der Waals surface area contributed by atoms with Crippen molar-refractivity contribution < 1.29 is 9.47 Å². The topological polar surface area (TPSA) is 31.4 Å². The summed E-state index contributed by atoms with van der Waals surface area (Å²) >= 11 is 5.78. The molecule has 0 N–H and O–H groups in total. The van der Waals surface area contributed by atoms with Crippen molar-refractivity contribution in [1.29, 1.82) is 0 Å². The molecule has 0 radical (unpaired) electrons. The van der Waals surface area contributed by atoms with E-state index >= 15 is 0 Å². The van der Waals surface area contributed by atoms with Crippen LogP contribution in [0.3, 0.4) is 0 Å². The van der Waals surface area contributed by atoms with Crippen molar-refractivity contribution in [3.63, 3.8) is 0 Å². The molecular formula is C12H13NO2S2. The number of rotatable bonds is 3. The summed E-state index contributed by atoms with van der Waals surface area (Å²) in [5.74, 6) is 1.55. The monoisotopic (exact) mass is 267 g/mol. The zero-order valence-corrected chi connectivity index (χ0v) is 11.6. The second kappa shape index (κ2) is 4.98. The molecule has 17 heavy (non-hydrogen) atoms. The van der Waals surface area contributed by atoms with E-state index in [0.29, 0.717) is 0 Å². The smallest absolute Gasteiger partial charge is 0.133 e. The minimum atomic E-state index is 0.724. The third-order valence-electron chi connectivity index (χ3n) is 2.43. The standard InChI is InChI=1S/C12H13NO2S2/c1-7-4-8(14-2)5-9(15-3)11(7)12-13-10(16)6-17-12/h4-6,16H,1-3H3. The van der Waals surface area contributed by atoms with Crippen molar-refractivity contribution in [2.24, 2.45) is 0 Å². The lowest BCUT2D eigenvalue weighted by atomic mass is 10.1. The molecule has 0 spiro atoms. The van der Waals surface area contributed by atoms with E-state index in [9.17, 15) is 0 Å². The summed E-state index contributed by atoms with van der Waals surface area (Å²) in [4.78, 5) is 4.37. The van der Waals surface area contributed by atoms with E-state index in [-0.39, 0.29) is 0 Å². The average molecular weight is 267 g/mol. The molecule has 0 fully saturated rings. The molecule has 2 aromatic rings. The Morgan fingerprint density at radius 1 is 1.24 bits per heavy atom.